The first-order valence-corrected chi connectivity index (χ1v) is 12.6. The molecule has 0 aliphatic rings. The van der Waals surface area contributed by atoms with Crippen LogP contribution in [0.5, 0.6) is 0 Å². The van der Waals surface area contributed by atoms with Gasteiger partial charge in [-0.15, -0.1) is 0 Å². The average molecular weight is 444 g/mol. The minimum Gasteiger partial charge on any atom is -0.481 e. The highest BCUT2D eigenvalue weighted by molar-refractivity contribution is 5.85. The normalized spacial score (nSPS) is 14.3. The second kappa shape index (κ2) is 20.9. The number of carbonyl (C=O) groups excluding carboxylic acids is 1. The standard InChI is InChI=1S/C25H49NO5/c1-5-7-8-9-10-11-12-13-14-15-16-30-20-22(4)31-19-21(3)26-18-24(27)17-23(6-2)25(28)29/h21-23,26H,5-20H2,1-4H3,(H,28,29). The number of aliphatic carboxylic acids is 1. The summed E-state index contributed by atoms with van der Waals surface area (Å²) >= 11 is 0. The number of carbonyl (C=O) groups is 2. The number of unbranched alkanes of at least 4 members (excludes halogenated alkanes) is 9. The van der Waals surface area contributed by atoms with Gasteiger partial charge in [-0.25, -0.2) is 0 Å². The lowest BCUT2D eigenvalue weighted by Crippen LogP contribution is -2.37. The van der Waals surface area contributed by atoms with E-state index in [9.17, 15) is 9.59 Å². The zero-order valence-electron chi connectivity index (χ0n) is 20.6. The summed E-state index contributed by atoms with van der Waals surface area (Å²) in [4.78, 5) is 22.9. The van der Waals surface area contributed by atoms with Crippen LogP contribution in [0.4, 0.5) is 0 Å². The van der Waals surface area contributed by atoms with Gasteiger partial charge in [-0.2, -0.15) is 0 Å². The summed E-state index contributed by atoms with van der Waals surface area (Å²) in [6.45, 7) is 10.0. The molecule has 0 saturated carbocycles. The third-order valence-electron chi connectivity index (χ3n) is 5.59. The maximum Gasteiger partial charge on any atom is 0.306 e. The van der Waals surface area contributed by atoms with Gasteiger partial charge in [0.05, 0.1) is 31.8 Å². The fourth-order valence-electron chi connectivity index (χ4n) is 3.40. The van der Waals surface area contributed by atoms with Gasteiger partial charge in [0.1, 0.15) is 5.78 Å². The highest BCUT2D eigenvalue weighted by Gasteiger charge is 2.19. The van der Waals surface area contributed by atoms with Crippen LogP contribution in [0.25, 0.3) is 0 Å². The topological polar surface area (TPSA) is 84.9 Å². The molecular weight excluding hydrogens is 394 g/mol. The van der Waals surface area contributed by atoms with E-state index in [4.69, 9.17) is 14.6 Å². The summed E-state index contributed by atoms with van der Waals surface area (Å²) in [6.07, 6.45) is 13.8. The highest BCUT2D eigenvalue weighted by atomic mass is 16.5. The van der Waals surface area contributed by atoms with Crippen molar-refractivity contribution in [1.29, 1.82) is 0 Å². The molecule has 0 radical (unpaired) electrons. The van der Waals surface area contributed by atoms with Gasteiger partial charge in [0.2, 0.25) is 0 Å². The number of hydrogen-bond donors (Lipinski definition) is 2. The Bertz CT molecular complexity index is 444. The van der Waals surface area contributed by atoms with E-state index in [1.807, 2.05) is 13.8 Å². The lowest BCUT2D eigenvalue weighted by molar-refractivity contribution is -0.143. The number of nitrogens with one attached hydrogen (secondary N) is 1. The molecule has 0 aliphatic carbocycles. The number of ketones is 1. The summed E-state index contributed by atoms with van der Waals surface area (Å²) < 4.78 is 11.5. The molecule has 0 aliphatic heterocycles. The van der Waals surface area contributed by atoms with Gasteiger partial charge in [-0.1, -0.05) is 71.6 Å². The molecule has 0 rings (SSSR count). The molecule has 0 bridgehead atoms. The van der Waals surface area contributed by atoms with Crippen LogP contribution in [-0.4, -0.2) is 55.4 Å². The first-order chi connectivity index (χ1) is 14.9. The van der Waals surface area contributed by atoms with E-state index in [1.54, 1.807) is 6.92 Å². The first kappa shape index (κ1) is 30.0. The van der Waals surface area contributed by atoms with Gasteiger partial charge < -0.3 is 19.9 Å². The number of Topliss-reactive ketones (excluding diaryl/α,β-unsaturated/α-hetero) is 1. The van der Waals surface area contributed by atoms with Crippen LogP contribution in [0, 0.1) is 5.92 Å². The Morgan fingerprint density at radius 1 is 0.871 bits per heavy atom. The van der Waals surface area contributed by atoms with Crippen molar-refractivity contribution in [3.63, 3.8) is 0 Å². The third kappa shape index (κ3) is 19.4. The van der Waals surface area contributed by atoms with Crippen LogP contribution in [-0.2, 0) is 19.1 Å². The Morgan fingerprint density at radius 2 is 1.45 bits per heavy atom. The van der Waals surface area contributed by atoms with Crippen molar-refractivity contribution in [2.75, 3.05) is 26.4 Å². The predicted molar refractivity (Wildman–Crippen MR) is 127 cm³/mol. The van der Waals surface area contributed by atoms with E-state index in [0.717, 1.165) is 13.0 Å². The lowest BCUT2D eigenvalue weighted by atomic mass is 10.00. The summed E-state index contributed by atoms with van der Waals surface area (Å²) in [5.74, 6) is -1.57. The number of ether oxygens (including phenoxy) is 2. The molecule has 2 N–H and O–H groups in total. The highest BCUT2D eigenvalue weighted by Crippen LogP contribution is 2.11. The maximum atomic E-state index is 11.9. The largest absolute Gasteiger partial charge is 0.481 e. The summed E-state index contributed by atoms with van der Waals surface area (Å²) in [7, 11) is 0. The van der Waals surface area contributed by atoms with Crippen LogP contribution in [0.15, 0.2) is 0 Å². The second-order valence-corrected chi connectivity index (χ2v) is 8.87. The Balaban J connectivity index is 3.55. The molecular formula is C25H49NO5. The monoisotopic (exact) mass is 443 g/mol. The number of rotatable bonds is 23. The molecule has 0 aromatic rings. The lowest BCUT2D eigenvalue weighted by Gasteiger charge is -2.18. The summed E-state index contributed by atoms with van der Waals surface area (Å²) in [5.41, 5.74) is 0. The Morgan fingerprint density at radius 3 is 2.00 bits per heavy atom. The molecule has 0 aromatic carbocycles. The van der Waals surface area contributed by atoms with E-state index in [1.165, 1.54) is 57.8 Å². The van der Waals surface area contributed by atoms with Crippen molar-refractivity contribution < 1.29 is 24.2 Å². The van der Waals surface area contributed by atoms with E-state index >= 15 is 0 Å². The summed E-state index contributed by atoms with van der Waals surface area (Å²) in [6, 6.07) is 0.0262. The maximum absolute atomic E-state index is 11.9. The van der Waals surface area contributed by atoms with Gasteiger partial charge in [-0.3, -0.25) is 9.59 Å². The molecule has 0 amide bonds. The van der Waals surface area contributed by atoms with Crippen molar-refractivity contribution in [3.05, 3.63) is 0 Å². The fraction of sp³-hybridized carbons (Fsp3) is 0.920. The fourth-order valence-corrected chi connectivity index (χ4v) is 3.40. The molecule has 0 aromatic heterocycles. The van der Waals surface area contributed by atoms with Gasteiger partial charge in [0.25, 0.3) is 0 Å². The average Bonchev–Trinajstić information content (AvgIpc) is 2.75. The molecule has 0 spiro atoms. The molecule has 6 heteroatoms. The third-order valence-corrected chi connectivity index (χ3v) is 5.59. The van der Waals surface area contributed by atoms with E-state index in [-0.39, 0.29) is 30.9 Å². The summed E-state index contributed by atoms with van der Waals surface area (Å²) in [5, 5.41) is 12.1. The smallest absolute Gasteiger partial charge is 0.306 e. The SMILES string of the molecule is CCCCCCCCCCCCOCC(C)OCC(C)NCC(=O)CC(CC)C(=O)O. The molecule has 31 heavy (non-hydrogen) atoms. The van der Waals surface area contributed by atoms with E-state index in [0.29, 0.717) is 19.6 Å². The minimum absolute atomic E-state index is 0.0135. The van der Waals surface area contributed by atoms with Crippen molar-refractivity contribution in [3.8, 4) is 0 Å². The number of hydrogen-bond acceptors (Lipinski definition) is 5. The first-order valence-electron chi connectivity index (χ1n) is 12.6. The Hall–Kier alpha value is -0.980. The van der Waals surface area contributed by atoms with Crippen LogP contribution in [0.2, 0.25) is 0 Å². The Labute approximate surface area is 190 Å². The molecule has 3 atom stereocenters. The quantitative estimate of drug-likeness (QED) is 0.206. The van der Waals surface area contributed by atoms with Crippen molar-refractivity contribution >= 4 is 11.8 Å². The van der Waals surface area contributed by atoms with E-state index < -0.39 is 11.9 Å². The zero-order chi connectivity index (χ0) is 23.3. The van der Waals surface area contributed by atoms with Crippen molar-refractivity contribution in [2.45, 2.75) is 117 Å². The van der Waals surface area contributed by atoms with Gasteiger partial charge >= 0.3 is 5.97 Å². The predicted octanol–water partition coefficient (Wildman–Crippen LogP) is 5.38. The molecule has 0 heterocycles. The van der Waals surface area contributed by atoms with Gasteiger partial charge in [-0.05, 0) is 26.7 Å². The molecule has 0 fully saturated rings. The molecule has 0 saturated heterocycles. The number of carboxylic acids is 1. The molecule has 184 valence electrons. The van der Waals surface area contributed by atoms with Crippen LogP contribution >= 0.6 is 0 Å². The van der Waals surface area contributed by atoms with Gasteiger partial charge in [0, 0.05) is 19.1 Å². The molecule has 6 nitrogen and oxygen atoms in total. The second-order valence-electron chi connectivity index (χ2n) is 8.87. The van der Waals surface area contributed by atoms with Crippen molar-refractivity contribution in [1.82, 2.24) is 5.32 Å². The zero-order valence-corrected chi connectivity index (χ0v) is 20.6. The Kier molecular flexibility index (Phi) is 20.2. The van der Waals surface area contributed by atoms with Crippen LogP contribution in [0.1, 0.15) is 105 Å². The van der Waals surface area contributed by atoms with Gasteiger partial charge in [0.15, 0.2) is 0 Å². The van der Waals surface area contributed by atoms with E-state index in [2.05, 4.69) is 12.2 Å². The van der Waals surface area contributed by atoms with Crippen LogP contribution < -0.4 is 5.32 Å². The van der Waals surface area contributed by atoms with Crippen molar-refractivity contribution in [2.24, 2.45) is 5.92 Å². The minimum atomic E-state index is -0.904. The number of carboxylic acid groups (broad SMARTS) is 1. The van der Waals surface area contributed by atoms with Crippen LogP contribution in [0.3, 0.4) is 0 Å². The molecule has 3 unspecified atom stereocenters.